The molecule has 0 saturated carbocycles. The maximum Gasteiger partial charge on any atom is 0.407 e. The quantitative estimate of drug-likeness (QED) is 0.766. The highest BCUT2D eigenvalue weighted by atomic mass is 16.5. The molecule has 1 aromatic carbocycles. The minimum atomic E-state index is -0.784. The Hall–Kier alpha value is -2.08. The van der Waals surface area contributed by atoms with E-state index in [1.807, 2.05) is 44.2 Å². The van der Waals surface area contributed by atoms with E-state index in [2.05, 4.69) is 10.6 Å². The van der Waals surface area contributed by atoms with Gasteiger partial charge in [0.25, 0.3) is 0 Å². The third kappa shape index (κ3) is 7.08. The zero-order valence-corrected chi connectivity index (χ0v) is 13.3. The molecule has 0 spiro atoms. The number of hydrogen-bond acceptors (Lipinski definition) is 4. The van der Waals surface area contributed by atoms with Crippen LogP contribution in [0.3, 0.4) is 0 Å². The Balaban J connectivity index is 2.47. The van der Waals surface area contributed by atoms with E-state index in [1.165, 1.54) is 7.11 Å². The molecule has 0 unspecified atom stereocenters. The molecular weight excluding hydrogens is 284 g/mol. The van der Waals surface area contributed by atoms with Crippen molar-refractivity contribution in [2.75, 3.05) is 20.3 Å². The van der Waals surface area contributed by atoms with Crippen LogP contribution in [0, 0.1) is 5.92 Å². The number of methoxy groups -OCH3 is 1. The van der Waals surface area contributed by atoms with Crippen molar-refractivity contribution in [3.05, 3.63) is 35.9 Å². The van der Waals surface area contributed by atoms with Crippen LogP contribution in [0.2, 0.25) is 0 Å². The largest absolute Gasteiger partial charge is 0.449 e. The predicted molar refractivity (Wildman–Crippen MR) is 83.3 cm³/mol. The number of alkyl carbamates (subject to hydrolysis) is 1. The number of ether oxygens (including phenoxy) is 2. The van der Waals surface area contributed by atoms with E-state index < -0.39 is 12.1 Å². The smallest absolute Gasteiger partial charge is 0.407 e. The zero-order chi connectivity index (χ0) is 16.4. The molecular formula is C16H24N2O4. The molecule has 1 atom stereocenters. The minimum absolute atomic E-state index is 0.0808. The molecule has 1 rings (SSSR count). The summed E-state index contributed by atoms with van der Waals surface area (Å²) >= 11 is 0. The molecule has 2 amide bonds. The second-order valence-electron chi connectivity index (χ2n) is 5.35. The van der Waals surface area contributed by atoms with Crippen LogP contribution in [0.4, 0.5) is 4.79 Å². The number of carbonyl (C=O) groups excluding carboxylic acids is 2. The van der Waals surface area contributed by atoms with Gasteiger partial charge in [0.1, 0.15) is 6.04 Å². The van der Waals surface area contributed by atoms with Crippen molar-refractivity contribution in [1.29, 1.82) is 0 Å². The SMILES string of the molecule is COC[C@@H](NC(=O)OCC(C)C)C(=O)NCc1ccccc1. The van der Waals surface area contributed by atoms with Gasteiger partial charge < -0.3 is 20.1 Å². The monoisotopic (exact) mass is 308 g/mol. The lowest BCUT2D eigenvalue weighted by Crippen LogP contribution is -2.49. The van der Waals surface area contributed by atoms with Crippen LogP contribution in [0.15, 0.2) is 30.3 Å². The highest BCUT2D eigenvalue weighted by molar-refractivity contribution is 5.85. The molecule has 0 radical (unpaired) electrons. The summed E-state index contributed by atoms with van der Waals surface area (Å²) in [6.07, 6.45) is -0.620. The summed E-state index contributed by atoms with van der Waals surface area (Å²) in [5, 5.41) is 5.28. The van der Waals surface area contributed by atoms with Crippen molar-refractivity contribution in [2.24, 2.45) is 5.92 Å². The van der Waals surface area contributed by atoms with Gasteiger partial charge in [0.2, 0.25) is 5.91 Å². The van der Waals surface area contributed by atoms with Crippen molar-refractivity contribution in [2.45, 2.75) is 26.4 Å². The zero-order valence-electron chi connectivity index (χ0n) is 13.3. The lowest BCUT2D eigenvalue weighted by Gasteiger charge is -2.18. The summed E-state index contributed by atoms with van der Waals surface area (Å²) in [5.41, 5.74) is 0.981. The van der Waals surface area contributed by atoms with Crippen molar-refractivity contribution < 1.29 is 19.1 Å². The van der Waals surface area contributed by atoms with E-state index in [0.717, 1.165) is 5.56 Å². The third-order valence-corrected chi connectivity index (χ3v) is 2.80. The average molecular weight is 308 g/mol. The van der Waals surface area contributed by atoms with E-state index in [4.69, 9.17) is 9.47 Å². The molecule has 122 valence electrons. The second-order valence-corrected chi connectivity index (χ2v) is 5.35. The van der Waals surface area contributed by atoms with Gasteiger partial charge in [0.15, 0.2) is 0 Å². The van der Waals surface area contributed by atoms with Crippen LogP contribution < -0.4 is 10.6 Å². The van der Waals surface area contributed by atoms with Gasteiger partial charge in [-0.15, -0.1) is 0 Å². The summed E-state index contributed by atoms with van der Waals surface area (Å²) in [6.45, 7) is 4.65. The van der Waals surface area contributed by atoms with Gasteiger partial charge in [-0.2, -0.15) is 0 Å². The van der Waals surface area contributed by atoms with Crippen molar-refractivity contribution >= 4 is 12.0 Å². The molecule has 0 aliphatic heterocycles. The minimum Gasteiger partial charge on any atom is -0.449 e. The van der Waals surface area contributed by atoms with Gasteiger partial charge in [-0.05, 0) is 11.5 Å². The summed E-state index contributed by atoms with van der Waals surface area (Å²) in [6, 6.07) is 8.75. The first-order chi connectivity index (χ1) is 10.5. The van der Waals surface area contributed by atoms with E-state index in [-0.39, 0.29) is 18.4 Å². The van der Waals surface area contributed by atoms with Crippen molar-refractivity contribution in [3.8, 4) is 0 Å². The van der Waals surface area contributed by atoms with E-state index >= 15 is 0 Å². The molecule has 1 aromatic rings. The fraction of sp³-hybridized carbons (Fsp3) is 0.500. The van der Waals surface area contributed by atoms with E-state index in [1.54, 1.807) is 0 Å². The van der Waals surface area contributed by atoms with E-state index in [9.17, 15) is 9.59 Å². The first kappa shape index (κ1) is 18.0. The Morgan fingerprint density at radius 1 is 1.14 bits per heavy atom. The van der Waals surface area contributed by atoms with Gasteiger partial charge in [0.05, 0.1) is 13.2 Å². The normalized spacial score (nSPS) is 11.8. The average Bonchev–Trinajstić information content (AvgIpc) is 2.51. The number of benzene rings is 1. The van der Waals surface area contributed by atoms with Crippen molar-refractivity contribution in [3.63, 3.8) is 0 Å². The van der Waals surface area contributed by atoms with Crippen molar-refractivity contribution in [1.82, 2.24) is 10.6 Å². The van der Waals surface area contributed by atoms with Gasteiger partial charge >= 0.3 is 6.09 Å². The van der Waals surface area contributed by atoms with Crippen LogP contribution >= 0.6 is 0 Å². The van der Waals surface area contributed by atoms with Gasteiger partial charge in [0, 0.05) is 13.7 Å². The standard InChI is InChI=1S/C16H24N2O4/c1-12(2)10-22-16(20)18-14(11-21-3)15(19)17-9-13-7-5-4-6-8-13/h4-8,12,14H,9-11H2,1-3H3,(H,17,19)(H,18,20)/t14-/m1/s1. The number of amides is 2. The summed E-state index contributed by atoms with van der Waals surface area (Å²) in [7, 11) is 1.47. The summed E-state index contributed by atoms with van der Waals surface area (Å²) in [4.78, 5) is 23.8. The first-order valence-electron chi connectivity index (χ1n) is 7.26. The van der Waals surface area contributed by atoms with Gasteiger partial charge in [-0.1, -0.05) is 44.2 Å². The lowest BCUT2D eigenvalue weighted by molar-refractivity contribution is -0.124. The molecule has 6 heteroatoms. The Labute approximate surface area is 131 Å². The molecule has 0 bridgehead atoms. The highest BCUT2D eigenvalue weighted by Gasteiger charge is 2.21. The molecule has 0 heterocycles. The maximum atomic E-state index is 12.1. The lowest BCUT2D eigenvalue weighted by atomic mass is 10.2. The second kappa shape index (κ2) is 9.78. The first-order valence-corrected chi connectivity index (χ1v) is 7.26. The van der Waals surface area contributed by atoms with Crippen LogP contribution in [-0.4, -0.2) is 38.4 Å². The highest BCUT2D eigenvalue weighted by Crippen LogP contribution is 1.98. The fourth-order valence-corrected chi connectivity index (χ4v) is 1.68. The topological polar surface area (TPSA) is 76.7 Å². The Morgan fingerprint density at radius 2 is 1.82 bits per heavy atom. The number of carbonyl (C=O) groups is 2. The number of nitrogens with one attached hydrogen (secondary N) is 2. The van der Waals surface area contributed by atoms with Gasteiger partial charge in [-0.3, -0.25) is 4.79 Å². The third-order valence-electron chi connectivity index (χ3n) is 2.80. The molecule has 0 aromatic heterocycles. The number of hydrogen-bond donors (Lipinski definition) is 2. The maximum absolute atomic E-state index is 12.1. The molecule has 6 nitrogen and oxygen atoms in total. The molecule has 2 N–H and O–H groups in total. The molecule has 0 fully saturated rings. The fourth-order valence-electron chi connectivity index (χ4n) is 1.68. The van der Waals surface area contributed by atoms with Crippen LogP contribution in [0.5, 0.6) is 0 Å². The van der Waals surface area contributed by atoms with Gasteiger partial charge in [-0.25, -0.2) is 4.79 Å². The van der Waals surface area contributed by atoms with Crippen LogP contribution in [0.1, 0.15) is 19.4 Å². The van der Waals surface area contributed by atoms with Crippen LogP contribution in [-0.2, 0) is 20.8 Å². The van der Waals surface area contributed by atoms with E-state index in [0.29, 0.717) is 13.2 Å². The summed E-state index contributed by atoms with van der Waals surface area (Å²) in [5.74, 6) is -0.0780. The van der Waals surface area contributed by atoms with Crippen LogP contribution in [0.25, 0.3) is 0 Å². The number of rotatable bonds is 8. The summed E-state index contributed by atoms with van der Waals surface area (Å²) < 4.78 is 9.98. The Bertz CT molecular complexity index is 462. The molecule has 22 heavy (non-hydrogen) atoms. The molecule has 0 aliphatic rings. The molecule has 0 saturated heterocycles. The Morgan fingerprint density at radius 3 is 2.41 bits per heavy atom. The Kier molecular flexibility index (Phi) is 7.99. The molecule has 0 aliphatic carbocycles. The predicted octanol–water partition coefficient (Wildman–Crippen LogP) is 1.70.